The van der Waals surface area contributed by atoms with Crippen molar-refractivity contribution in [1.29, 1.82) is 0 Å². The lowest BCUT2D eigenvalue weighted by Crippen LogP contribution is -2.41. The number of rotatable bonds is 10. The summed E-state index contributed by atoms with van der Waals surface area (Å²) in [5, 5.41) is 10.6. The van der Waals surface area contributed by atoms with Crippen molar-refractivity contribution >= 4 is 0 Å². The van der Waals surface area contributed by atoms with E-state index in [1.807, 2.05) is 0 Å². The topological polar surface area (TPSA) is 20.2 Å². The Labute approximate surface area is 133 Å². The molecule has 0 bridgehead atoms. The first-order valence-corrected chi connectivity index (χ1v) is 9.69. The summed E-state index contributed by atoms with van der Waals surface area (Å²) < 4.78 is 0. The summed E-state index contributed by atoms with van der Waals surface area (Å²) in [5.41, 5.74) is -0.396. The third kappa shape index (κ3) is 7.17. The van der Waals surface area contributed by atoms with Gasteiger partial charge in [-0.15, -0.1) is 0 Å². The van der Waals surface area contributed by atoms with E-state index in [2.05, 4.69) is 27.7 Å². The molecule has 1 heteroatoms. The molecule has 1 rings (SSSR count). The van der Waals surface area contributed by atoms with Gasteiger partial charge in [-0.2, -0.15) is 0 Å². The molecule has 0 aliphatic heterocycles. The zero-order valence-electron chi connectivity index (χ0n) is 15.2. The molecule has 0 aromatic heterocycles. The zero-order chi connectivity index (χ0) is 15.7. The lowest BCUT2D eigenvalue weighted by molar-refractivity contribution is -0.0561. The molecule has 0 heterocycles. The Morgan fingerprint density at radius 3 is 2.14 bits per heavy atom. The van der Waals surface area contributed by atoms with E-state index in [4.69, 9.17) is 0 Å². The summed E-state index contributed by atoms with van der Waals surface area (Å²) in [6, 6.07) is 0. The van der Waals surface area contributed by atoms with Crippen LogP contribution in [-0.2, 0) is 0 Å². The van der Waals surface area contributed by atoms with Crippen LogP contribution in [0.1, 0.15) is 105 Å². The Hall–Kier alpha value is -0.0400. The fourth-order valence-corrected chi connectivity index (χ4v) is 3.98. The summed E-state index contributed by atoms with van der Waals surface area (Å²) in [5.74, 6) is 2.16. The monoisotopic (exact) mass is 296 g/mol. The molecule has 21 heavy (non-hydrogen) atoms. The van der Waals surface area contributed by atoms with Crippen LogP contribution in [0.5, 0.6) is 0 Å². The first-order chi connectivity index (χ1) is 9.97. The predicted octanol–water partition coefficient (Wildman–Crippen LogP) is 6.34. The first-order valence-electron chi connectivity index (χ1n) is 9.69. The summed E-state index contributed by atoms with van der Waals surface area (Å²) in [4.78, 5) is 0. The molecule has 1 fully saturated rings. The van der Waals surface area contributed by atoms with Crippen LogP contribution in [0.3, 0.4) is 0 Å². The van der Waals surface area contributed by atoms with Crippen molar-refractivity contribution in [1.82, 2.24) is 0 Å². The Balaban J connectivity index is 2.16. The molecule has 1 saturated carbocycles. The highest BCUT2D eigenvalue weighted by atomic mass is 16.3. The molecule has 126 valence electrons. The number of unbranched alkanes of at least 4 members (excludes halogenated alkanes) is 7. The number of hydrogen-bond acceptors (Lipinski definition) is 1. The minimum Gasteiger partial charge on any atom is -0.390 e. The van der Waals surface area contributed by atoms with Crippen molar-refractivity contribution in [3.8, 4) is 0 Å². The Bertz CT molecular complexity index is 257. The molecule has 1 nitrogen and oxygen atoms in total. The van der Waals surface area contributed by atoms with E-state index in [0.717, 1.165) is 18.3 Å². The van der Waals surface area contributed by atoms with Crippen LogP contribution in [0.15, 0.2) is 0 Å². The van der Waals surface area contributed by atoms with Gasteiger partial charge < -0.3 is 5.11 Å². The summed E-state index contributed by atoms with van der Waals surface area (Å²) >= 11 is 0. The maximum absolute atomic E-state index is 10.6. The molecule has 0 amide bonds. The number of aliphatic hydroxyl groups is 1. The maximum atomic E-state index is 10.6. The van der Waals surface area contributed by atoms with Gasteiger partial charge in [-0.1, -0.05) is 72.1 Å². The second-order valence-electron chi connectivity index (χ2n) is 8.10. The fraction of sp³-hybridized carbons (Fsp3) is 1.00. The average molecular weight is 297 g/mol. The van der Waals surface area contributed by atoms with Crippen LogP contribution < -0.4 is 0 Å². The van der Waals surface area contributed by atoms with Gasteiger partial charge in [0.15, 0.2) is 0 Å². The van der Waals surface area contributed by atoms with E-state index in [0.29, 0.717) is 5.92 Å². The molecule has 1 aliphatic carbocycles. The Kier molecular flexibility index (Phi) is 8.94. The van der Waals surface area contributed by atoms with E-state index >= 15 is 0 Å². The maximum Gasteiger partial charge on any atom is 0.0648 e. The largest absolute Gasteiger partial charge is 0.390 e. The third-order valence-corrected chi connectivity index (χ3v) is 5.84. The SMILES string of the molecule is CCCCCCCCCCC1CC(C(C)C)CCC1(C)O. The number of hydrogen-bond donors (Lipinski definition) is 1. The van der Waals surface area contributed by atoms with E-state index in [-0.39, 0.29) is 0 Å². The van der Waals surface area contributed by atoms with Gasteiger partial charge in [0.1, 0.15) is 0 Å². The summed E-state index contributed by atoms with van der Waals surface area (Å²) in [6.07, 6.45) is 15.8. The minimum absolute atomic E-state index is 0.396. The standard InChI is InChI=1S/C20H40O/c1-5-6-7-8-9-10-11-12-13-19-16-18(17(2)3)14-15-20(19,4)21/h17-19,21H,5-16H2,1-4H3. The fourth-order valence-electron chi connectivity index (χ4n) is 3.98. The molecule has 3 atom stereocenters. The highest BCUT2D eigenvalue weighted by Crippen LogP contribution is 2.42. The van der Waals surface area contributed by atoms with E-state index in [9.17, 15) is 5.11 Å². The second kappa shape index (κ2) is 9.87. The van der Waals surface area contributed by atoms with Gasteiger partial charge >= 0.3 is 0 Å². The molecule has 0 aromatic carbocycles. The van der Waals surface area contributed by atoms with Gasteiger partial charge in [-0.3, -0.25) is 0 Å². The third-order valence-electron chi connectivity index (χ3n) is 5.84. The van der Waals surface area contributed by atoms with Crippen molar-refractivity contribution in [2.45, 2.75) is 110 Å². The molecule has 0 radical (unpaired) electrons. The Morgan fingerprint density at radius 2 is 1.57 bits per heavy atom. The summed E-state index contributed by atoms with van der Waals surface area (Å²) in [6.45, 7) is 9.05. The zero-order valence-corrected chi connectivity index (χ0v) is 15.2. The quantitative estimate of drug-likeness (QED) is 0.466. The van der Waals surface area contributed by atoms with Crippen LogP contribution in [0.25, 0.3) is 0 Å². The lowest BCUT2D eigenvalue weighted by atomic mass is 9.67. The Morgan fingerprint density at radius 1 is 1.00 bits per heavy atom. The molecule has 1 aliphatic rings. The van der Waals surface area contributed by atoms with Crippen LogP contribution in [0, 0.1) is 17.8 Å². The van der Waals surface area contributed by atoms with Crippen molar-refractivity contribution in [3.63, 3.8) is 0 Å². The van der Waals surface area contributed by atoms with Gasteiger partial charge in [-0.05, 0) is 50.4 Å². The van der Waals surface area contributed by atoms with E-state index in [1.165, 1.54) is 70.6 Å². The smallest absolute Gasteiger partial charge is 0.0648 e. The molecule has 3 unspecified atom stereocenters. The predicted molar refractivity (Wildman–Crippen MR) is 93.5 cm³/mol. The van der Waals surface area contributed by atoms with Crippen LogP contribution in [0.4, 0.5) is 0 Å². The van der Waals surface area contributed by atoms with Gasteiger partial charge in [-0.25, -0.2) is 0 Å². The van der Waals surface area contributed by atoms with E-state index < -0.39 is 5.60 Å². The average Bonchev–Trinajstić information content (AvgIpc) is 2.42. The van der Waals surface area contributed by atoms with Crippen molar-refractivity contribution in [2.75, 3.05) is 0 Å². The van der Waals surface area contributed by atoms with Crippen LogP contribution in [0.2, 0.25) is 0 Å². The molecule has 0 saturated heterocycles. The van der Waals surface area contributed by atoms with Crippen molar-refractivity contribution in [3.05, 3.63) is 0 Å². The molecule has 0 aromatic rings. The van der Waals surface area contributed by atoms with E-state index in [1.54, 1.807) is 0 Å². The lowest BCUT2D eigenvalue weighted by Gasteiger charge is -2.42. The molecular weight excluding hydrogens is 256 g/mol. The highest BCUT2D eigenvalue weighted by Gasteiger charge is 2.38. The van der Waals surface area contributed by atoms with Crippen LogP contribution in [-0.4, -0.2) is 10.7 Å². The molecule has 0 spiro atoms. The van der Waals surface area contributed by atoms with Gasteiger partial charge in [0.05, 0.1) is 5.60 Å². The van der Waals surface area contributed by atoms with Gasteiger partial charge in [0.25, 0.3) is 0 Å². The van der Waals surface area contributed by atoms with Crippen molar-refractivity contribution in [2.24, 2.45) is 17.8 Å². The molecular formula is C20H40O. The summed E-state index contributed by atoms with van der Waals surface area (Å²) in [7, 11) is 0. The van der Waals surface area contributed by atoms with Gasteiger partial charge in [0, 0.05) is 0 Å². The molecule has 1 N–H and O–H groups in total. The van der Waals surface area contributed by atoms with Gasteiger partial charge in [0.2, 0.25) is 0 Å². The van der Waals surface area contributed by atoms with Crippen molar-refractivity contribution < 1.29 is 5.11 Å². The normalized spacial score (nSPS) is 30.0. The highest BCUT2D eigenvalue weighted by molar-refractivity contribution is 4.89. The second-order valence-corrected chi connectivity index (χ2v) is 8.10. The first kappa shape index (κ1) is 19.0. The van der Waals surface area contributed by atoms with Crippen LogP contribution >= 0.6 is 0 Å². The minimum atomic E-state index is -0.396.